The highest BCUT2D eigenvalue weighted by Gasteiger charge is 2.22. The van der Waals surface area contributed by atoms with Gasteiger partial charge in [0.1, 0.15) is 17.2 Å². The summed E-state index contributed by atoms with van der Waals surface area (Å²) in [6.07, 6.45) is 0.569. The number of benzene rings is 2. The summed E-state index contributed by atoms with van der Waals surface area (Å²) in [7, 11) is 0. The molecule has 0 amide bonds. The van der Waals surface area contributed by atoms with Gasteiger partial charge >= 0.3 is 0 Å². The topological polar surface area (TPSA) is 75.1 Å². The number of hydrogen-bond donors (Lipinski definition) is 3. The summed E-state index contributed by atoms with van der Waals surface area (Å²) in [4.78, 5) is 4.52. The first-order valence-electron chi connectivity index (χ1n) is 9.81. The summed E-state index contributed by atoms with van der Waals surface area (Å²) >= 11 is 0. The summed E-state index contributed by atoms with van der Waals surface area (Å²) in [6, 6.07) is 12.4. The van der Waals surface area contributed by atoms with Crippen molar-refractivity contribution in [3.8, 4) is 5.75 Å². The summed E-state index contributed by atoms with van der Waals surface area (Å²) in [6.45, 7) is 5.69. The number of fused-ring (bicyclic) bond motifs is 1. The Morgan fingerprint density at radius 3 is 2.79 bits per heavy atom. The molecule has 7 heteroatoms. The molecular weight excluding hydrogens is 373 g/mol. The van der Waals surface area contributed by atoms with E-state index in [4.69, 9.17) is 9.47 Å². The van der Waals surface area contributed by atoms with Crippen LogP contribution in [-0.2, 0) is 23.4 Å². The van der Waals surface area contributed by atoms with Crippen molar-refractivity contribution in [2.24, 2.45) is 4.99 Å². The van der Waals surface area contributed by atoms with E-state index in [9.17, 15) is 9.50 Å². The molecule has 0 spiro atoms. The molecule has 2 aromatic rings. The zero-order valence-electron chi connectivity index (χ0n) is 16.9. The van der Waals surface area contributed by atoms with Gasteiger partial charge in [0.25, 0.3) is 0 Å². The Hall–Kier alpha value is -2.64. The lowest BCUT2D eigenvalue weighted by molar-refractivity contribution is -0.0172. The average molecular weight is 401 g/mol. The Kier molecular flexibility index (Phi) is 7.06. The Morgan fingerprint density at radius 2 is 2.03 bits per heavy atom. The first-order chi connectivity index (χ1) is 14.0. The molecule has 1 atom stereocenters. The lowest BCUT2D eigenvalue weighted by Crippen LogP contribution is -2.39. The smallest absolute Gasteiger partial charge is 0.191 e. The quantitative estimate of drug-likeness (QED) is 0.491. The third-order valence-corrected chi connectivity index (χ3v) is 4.72. The van der Waals surface area contributed by atoms with E-state index < -0.39 is 5.60 Å². The standard InChI is InChI=1S/C22H28FN3O3/c1-3-24-21(26-14-22(2,27)18-7-5-4-6-8-18)25-10-9-16-11-19(23)12-17-13-28-15-29-20(16)17/h4-8,11-12,27H,3,9-10,13-15H2,1-2H3,(H2,24,25,26). The highest BCUT2D eigenvalue weighted by Crippen LogP contribution is 2.29. The highest BCUT2D eigenvalue weighted by atomic mass is 19.1. The molecule has 1 aliphatic heterocycles. The molecule has 3 rings (SSSR count). The third kappa shape index (κ3) is 5.68. The van der Waals surface area contributed by atoms with Crippen LogP contribution in [0.4, 0.5) is 4.39 Å². The molecule has 0 saturated heterocycles. The molecule has 0 aliphatic carbocycles. The Morgan fingerprint density at radius 1 is 1.24 bits per heavy atom. The SMILES string of the molecule is CCNC(=NCC(C)(O)c1ccccc1)NCCc1cc(F)cc2c1OCOC2. The van der Waals surface area contributed by atoms with Gasteiger partial charge in [0.15, 0.2) is 12.8 Å². The summed E-state index contributed by atoms with van der Waals surface area (Å²) < 4.78 is 24.7. The molecule has 0 bridgehead atoms. The third-order valence-electron chi connectivity index (χ3n) is 4.72. The molecule has 6 nitrogen and oxygen atoms in total. The van der Waals surface area contributed by atoms with Crippen LogP contribution in [0, 0.1) is 5.82 Å². The van der Waals surface area contributed by atoms with Crippen molar-refractivity contribution in [1.29, 1.82) is 0 Å². The normalized spacial score (nSPS) is 15.8. The second-order valence-corrected chi connectivity index (χ2v) is 7.18. The van der Waals surface area contributed by atoms with Crippen molar-refractivity contribution in [2.75, 3.05) is 26.4 Å². The molecule has 0 fully saturated rings. The van der Waals surface area contributed by atoms with Gasteiger partial charge in [-0.15, -0.1) is 0 Å². The van der Waals surface area contributed by atoms with Gasteiger partial charge in [-0.2, -0.15) is 0 Å². The van der Waals surface area contributed by atoms with E-state index >= 15 is 0 Å². The zero-order chi connectivity index (χ0) is 20.7. The minimum Gasteiger partial charge on any atom is -0.467 e. The molecule has 3 N–H and O–H groups in total. The van der Waals surface area contributed by atoms with Gasteiger partial charge in [0.05, 0.1) is 13.2 Å². The maximum absolute atomic E-state index is 13.9. The molecule has 1 unspecified atom stereocenters. The van der Waals surface area contributed by atoms with Crippen molar-refractivity contribution < 1.29 is 19.0 Å². The van der Waals surface area contributed by atoms with Gasteiger partial charge in [-0.25, -0.2) is 9.38 Å². The fraction of sp³-hybridized carbons (Fsp3) is 0.409. The number of rotatable bonds is 7. The number of nitrogens with zero attached hydrogens (tertiary/aromatic N) is 1. The summed E-state index contributed by atoms with van der Waals surface area (Å²) in [5.74, 6) is 0.999. The van der Waals surface area contributed by atoms with Crippen molar-refractivity contribution in [3.63, 3.8) is 0 Å². The number of halogens is 1. The van der Waals surface area contributed by atoms with Gasteiger partial charge in [0, 0.05) is 18.7 Å². The van der Waals surface area contributed by atoms with Crippen LogP contribution >= 0.6 is 0 Å². The van der Waals surface area contributed by atoms with E-state index in [0.717, 1.165) is 16.7 Å². The Labute approximate surface area is 170 Å². The van der Waals surface area contributed by atoms with E-state index in [1.54, 1.807) is 6.92 Å². The van der Waals surface area contributed by atoms with Gasteiger partial charge in [-0.05, 0) is 43.5 Å². The molecule has 0 radical (unpaired) electrons. The monoisotopic (exact) mass is 401 g/mol. The largest absolute Gasteiger partial charge is 0.467 e. The van der Waals surface area contributed by atoms with E-state index in [1.165, 1.54) is 12.1 Å². The molecule has 0 aromatic heterocycles. The summed E-state index contributed by atoms with van der Waals surface area (Å²) in [5.41, 5.74) is 1.26. The van der Waals surface area contributed by atoms with Gasteiger partial charge in [0.2, 0.25) is 0 Å². The van der Waals surface area contributed by atoms with E-state index in [0.29, 0.717) is 37.8 Å². The van der Waals surface area contributed by atoms with Gasteiger partial charge < -0.3 is 25.2 Å². The Bertz CT molecular complexity index is 841. The summed E-state index contributed by atoms with van der Waals surface area (Å²) in [5, 5.41) is 17.1. The second kappa shape index (κ2) is 9.71. The fourth-order valence-corrected chi connectivity index (χ4v) is 3.22. The molecule has 1 heterocycles. The minimum atomic E-state index is -1.07. The van der Waals surface area contributed by atoms with Crippen LogP contribution in [0.2, 0.25) is 0 Å². The van der Waals surface area contributed by atoms with Crippen molar-refractivity contribution in [2.45, 2.75) is 32.5 Å². The maximum atomic E-state index is 13.9. The van der Waals surface area contributed by atoms with Crippen LogP contribution < -0.4 is 15.4 Å². The lowest BCUT2D eigenvalue weighted by Gasteiger charge is -2.23. The van der Waals surface area contributed by atoms with Crippen molar-refractivity contribution in [1.82, 2.24) is 10.6 Å². The van der Waals surface area contributed by atoms with E-state index in [1.807, 2.05) is 37.3 Å². The zero-order valence-corrected chi connectivity index (χ0v) is 16.9. The second-order valence-electron chi connectivity index (χ2n) is 7.18. The lowest BCUT2D eigenvalue weighted by atomic mass is 9.96. The molecule has 0 saturated carbocycles. The molecule has 1 aliphatic rings. The molecular formula is C22H28FN3O3. The number of ether oxygens (including phenoxy) is 2. The van der Waals surface area contributed by atoms with Gasteiger partial charge in [-0.3, -0.25) is 0 Å². The fourth-order valence-electron chi connectivity index (χ4n) is 3.22. The van der Waals surface area contributed by atoms with Crippen molar-refractivity contribution in [3.05, 3.63) is 65.0 Å². The van der Waals surface area contributed by atoms with Crippen LogP contribution in [0.15, 0.2) is 47.5 Å². The highest BCUT2D eigenvalue weighted by molar-refractivity contribution is 5.79. The van der Waals surface area contributed by atoms with E-state index in [-0.39, 0.29) is 19.2 Å². The first-order valence-corrected chi connectivity index (χ1v) is 9.81. The van der Waals surface area contributed by atoms with Crippen LogP contribution in [0.5, 0.6) is 5.75 Å². The Balaban J connectivity index is 1.63. The molecule has 156 valence electrons. The van der Waals surface area contributed by atoms with Crippen molar-refractivity contribution >= 4 is 5.96 Å². The predicted octanol–water partition coefficient (Wildman–Crippen LogP) is 2.70. The maximum Gasteiger partial charge on any atom is 0.191 e. The number of guanidine groups is 1. The molecule has 2 aromatic carbocycles. The van der Waals surface area contributed by atoms with Crippen LogP contribution in [0.25, 0.3) is 0 Å². The van der Waals surface area contributed by atoms with Crippen LogP contribution in [0.1, 0.15) is 30.5 Å². The number of nitrogens with one attached hydrogen (secondary N) is 2. The number of aliphatic hydroxyl groups is 1. The average Bonchev–Trinajstić information content (AvgIpc) is 2.72. The van der Waals surface area contributed by atoms with Crippen LogP contribution in [-0.4, -0.2) is 37.5 Å². The minimum absolute atomic E-state index is 0.178. The van der Waals surface area contributed by atoms with E-state index in [2.05, 4.69) is 15.6 Å². The molecule has 29 heavy (non-hydrogen) atoms. The van der Waals surface area contributed by atoms with Crippen LogP contribution in [0.3, 0.4) is 0 Å². The first kappa shape index (κ1) is 21.1. The number of aliphatic imine (C=N–C) groups is 1. The van der Waals surface area contributed by atoms with Gasteiger partial charge in [-0.1, -0.05) is 30.3 Å². The number of hydrogen-bond acceptors (Lipinski definition) is 4. The predicted molar refractivity (Wildman–Crippen MR) is 110 cm³/mol.